The summed E-state index contributed by atoms with van der Waals surface area (Å²) in [5.41, 5.74) is 2.65. The van der Waals surface area contributed by atoms with Crippen molar-refractivity contribution in [2.45, 2.75) is 65.0 Å². The molecular weight excluding hydrogens is 537 g/mol. The predicted octanol–water partition coefficient (Wildman–Crippen LogP) is 5.82. The fourth-order valence-corrected chi connectivity index (χ4v) is 5.09. The molecule has 0 fully saturated rings. The first-order chi connectivity index (χ1) is 18.4. The number of ether oxygens (including phenoxy) is 1. The molecule has 204 valence electrons. The highest BCUT2D eigenvalue weighted by molar-refractivity contribution is 6.30. The summed E-state index contributed by atoms with van der Waals surface area (Å²) >= 11 is 12.6. The number of carbonyl (C=O) groups is 1. The Labute approximate surface area is 229 Å². The van der Waals surface area contributed by atoms with Crippen molar-refractivity contribution in [3.63, 3.8) is 0 Å². The van der Waals surface area contributed by atoms with E-state index < -0.39 is 18.7 Å². The quantitative estimate of drug-likeness (QED) is 0.0955. The van der Waals surface area contributed by atoms with Crippen LogP contribution < -0.4 is 4.57 Å². The van der Waals surface area contributed by atoms with Crippen LogP contribution in [0.3, 0.4) is 0 Å². The van der Waals surface area contributed by atoms with Gasteiger partial charge < -0.3 is 19.0 Å². The number of nitrogens with zero attached hydrogens (tertiary/aromatic N) is 4. The number of aliphatic hydroxyl groups excluding tert-OH is 1. The van der Waals surface area contributed by atoms with Crippen LogP contribution in [0.2, 0.25) is 10.3 Å². The number of unbranched alkanes of at least 4 members (excludes halogenated alkanes) is 2. The largest absolute Gasteiger partial charge is 0.451 e. The van der Waals surface area contributed by atoms with Crippen LogP contribution in [0.1, 0.15) is 48.8 Å². The zero-order valence-electron chi connectivity index (χ0n) is 21.2. The number of alkyl halides is 2. The van der Waals surface area contributed by atoms with Gasteiger partial charge in [-0.05, 0) is 62.4 Å². The van der Waals surface area contributed by atoms with Crippen LogP contribution in [0, 0.1) is 0 Å². The van der Waals surface area contributed by atoms with Crippen LogP contribution in [-0.4, -0.2) is 44.6 Å². The van der Waals surface area contributed by atoms with Crippen LogP contribution >= 0.6 is 23.2 Å². The normalized spacial score (nSPS) is 12.5. The van der Waals surface area contributed by atoms with Crippen LogP contribution in [0.4, 0.5) is 8.78 Å². The standard InChI is InChI=1S/C27H31Cl2F2N4O3/c1-18(15-33-16-24-19(13-26(33)29)10-21(17-36)34(24)8-4-2-6-30)38-27(37)22-11-20-12-25(28)32-14-23(20)35(22)9-5-3-7-31/h10-14,16,18,36H,2-9,15,17H2,1H3/q+1. The van der Waals surface area contributed by atoms with Gasteiger partial charge in [0.05, 0.1) is 31.7 Å². The number of carbonyl (C=O) groups excluding carboxylic acids is 1. The number of hydrogen-bond acceptors (Lipinski definition) is 4. The summed E-state index contributed by atoms with van der Waals surface area (Å²) in [7, 11) is 0. The van der Waals surface area contributed by atoms with E-state index in [0.717, 1.165) is 27.5 Å². The van der Waals surface area contributed by atoms with Crippen LogP contribution in [-0.2, 0) is 31.0 Å². The Bertz CT molecular complexity index is 1420. The molecule has 0 aliphatic carbocycles. The maximum Gasteiger partial charge on any atom is 0.355 e. The van der Waals surface area contributed by atoms with E-state index in [1.807, 2.05) is 16.8 Å². The number of halogens is 4. The third kappa shape index (κ3) is 6.27. The second kappa shape index (κ2) is 12.9. The first-order valence-electron chi connectivity index (χ1n) is 12.7. The molecule has 0 saturated heterocycles. The van der Waals surface area contributed by atoms with E-state index in [2.05, 4.69) is 4.98 Å². The van der Waals surface area contributed by atoms with E-state index in [4.69, 9.17) is 27.9 Å². The minimum Gasteiger partial charge on any atom is -0.451 e. The van der Waals surface area contributed by atoms with Gasteiger partial charge >= 0.3 is 5.97 Å². The lowest BCUT2D eigenvalue weighted by molar-refractivity contribution is -0.699. The molecule has 0 aliphatic heterocycles. The number of rotatable bonds is 13. The predicted molar refractivity (Wildman–Crippen MR) is 143 cm³/mol. The zero-order chi connectivity index (χ0) is 27.2. The summed E-state index contributed by atoms with van der Waals surface area (Å²) in [5, 5.41) is 12.2. The number of aromatic nitrogens is 4. The van der Waals surface area contributed by atoms with Crippen LogP contribution in [0.5, 0.6) is 0 Å². The number of pyridine rings is 2. The molecule has 38 heavy (non-hydrogen) atoms. The molecule has 1 atom stereocenters. The molecule has 0 bridgehead atoms. The van der Waals surface area contributed by atoms with Crippen molar-refractivity contribution in [3.05, 3.63) is 58.4 Å². The third-order valence-corrected chi connectivity index (χ3v) is 7.03. The van der Waals surface area contributed by atoms with Gasteiger partial charge in [-0.25, -0.2) is 9.78 Å². The van der Waals surface area contributed by atoms with Gasteiger partial charge in [0.2, 0.25) is 0 Å². The van der Waals surface area contributed by atoms with Gasteiger partial charge in [-0.1, -0.05) is 11.6 Å². The average Bonchev–Trinajstić information content (AvgIpc) is 3.41. The SMILES string of the molecule is CC(C[n+]1cc2c(cc(CO)n2CCCCF)cc1Cl)OC(=O)c1cc2cc(Cl)ncc2n1CCCCF. The van der Waals surface area contributed by atoms with E-state index in [0.29, 0.717) is 61.3 Å². The molecule has 4 aromatic rings. The monoisotopic (exact) mass is 567 g/mol. The Morgan fingerprint density at radius 2 is 1.71 bits per heavy atom. The summed E-state index contributed by atoms with van der Waals surface area (Å²) in [5.74, 6) is -0.514. The van der Waals surface area contributed by atoms with E-state index >= 15 is 0 Å². The Morgan fingerprint density at radius 1 is 1.03 bits per heavy atom. The lowest BCUT2D eigenvalue weighted by Crippen LogP contribution is -2.41. The first kappa shape index (κ1) is 28.3. The van der Waals surface area contributed by atoms with E-state index in [1.54, 1.807) is 40.5 Å². The molecule has 4 heterocycles. The number of esters is 1. The van der Waals surface area contributed by atoms with E-state index in [1.165, 1.54) is 0 Å². The highest BCUT2D eigenvalue weighted by Gasteiger charge is 2.24. The number of aliphatic hydroxyl groups is 1. The van der Waals surface area contributed by atoms with Crippen molar-refractivity contribution in [2.24, 2.45) is 0 Å². The third-order valence-electron chi connectivity index (χ3n) is 6.50. The first-order valence-corrected chi connectivity index (χ1v) is 13.4. The van der Waals surface area contributed by atoms with Gasteiger partial charge in [0, 0.05) is 35.6 Å². The average molecular weight is 568 g/mol. The smallest absolute Gasteiger partial charge is 0.355 e. The molecule has 1 N–H and O–H groups in total. The number of fused-ring (bicyclic) bond motifs is 2. The summed E-state index contributed by atoms with van der Waals surface area (Å²) in [4.78, 5) is 17.3. The van der Waals surface area contributed by atoms with Gasteiger partial charge in [0.25, 0.3) is 5.15 Å². The molecule has 4 rings (SSSR count). The topological polar surface area (TPSA) is 73.2 Å². The van der Waals surface area contributed by atoms with Gasteiger partial charge in [-0.15, -0.1) is 0 Å². The molecule has 7 nitrogen and oxygen atoms in total. The number of aryl methyl sites for hydroxylation is 2. The maximum atomic E-state index is 13.2. The molecular formula is C27H31Cl2F2N4O3+. The second-order valence-electron chi connectivity index (χ2n) is 9.29. The van der Waals surface area contributed by atoms with E-state index in [-0.39, 0.29) is 13.3 Å². The molecule has 11 heteroatoms. The lowest BCUT2D eigenvalue weighted by atomic mass is 10.3. The van der Waals surface area contributed by atoms with Crippen molar-refractivity contribution in [3.8, 4) is 0 Å². The maximum absolute atomic E-state index is 13.2. The van der Waals surface area contributed by atoms with Gasteiger partial charge in [-0.3, -0.25) is 8.78 Å². The fraction of sp³-hybridized carbons (Fsp3) is 0.444. The molecule has 1 unspecified atom stereocenters. The second-order valence-corrected chi connectivity index (χ2v) is 10.1. The molecule has 0 radical (unpaired) electrons. The Balaban J connectivity index is 1.55. The highest BCUT2D eigenvalue weighted by atomic mass is 35.5. The highest BCUT2D eigenvalue weighted by Crippen LogP contribution is 2.25. The van der Waals surface area contributed by atoms with Crippen molar-refractivity contribution in [1.82, 2.24) is 14.1 Å². The molecule has 0 spiro atoms. The minimum atomic E-state index is -0.534. The lowest BCUT2D eigenvalue weighted by Gasteiger charge is -2.14. The van der Waals surface area contributed by atoms with Gasteiger partial charge in [0.1, 0.15) is 16.4 Å². The zero-order valence-corrected chi connectivity index (χ0v) is 22.7. The summed E-state index contributed by atoms with van der Waals surface area (Å²) in [6, 6.07) is 7.06. The van der Waals surface area contributed by atoms with Crippen molar-refractivity contribution >= 4 is 51.0 Å². The molecule has 4 aromatic heterocycles. The van der Waals surface area contributed by atoms with Crippen molar-refractivity contribution in [1.29, 1.82) is 0 Å². The van der Waals surface area contributed by atoms with Gasteiger partial charge in [-0.2, -0.15) is 4.57 Å². The van der Waals surface area contributed by atoms with E-state index in [9.17, 15) is 18.7 Å². The molecule has 0 amide bonds. The van der Waals surface area contributed by atoms with Crippen molar-refractivity contribution in [2.75, 3.05) is 13.3 Å². The van der Waals surface area contributed by atoms with Crippen molar-refractivity contribution < 1.29 is 28.0 Å². The van der Waals surface area contributed by atoms with Crippen LogP contribution in [0.25, 0.3) is 21.8 Å². The molecule has 0 aliphatic rings. The fourth-order valence-electron chi connectivity index (χ4n) is 4.69. The Morgan fingerprint density at radius 3 is 2.39 bits per heavy atom. The molecule has 0 saturated carbocycles. The van der Waals surface area contributed by atoms with Crippen LogP contribution in [0.15, 0.2) is 36.7 Å². The summed E-state index contributed by atoms with van der Waals surface area (Å²) in [6.45, 7) is 2.12. The minimum absolute atomic E-state index is 0.143. The Hall–Kier alpha value is -2.75. The summed E-state index contributed by atoms with van der Waals surface area (Å²) in [6.07, 6.45) is 4.96. The molecule has 0 aromatic carbocycles. The summed E-state index contributed by atoms with van der Waals surface area (Å²) < 4.78 is 36.7. The number of hydrogen-bond donors (Lipinski definition) is 1. The Kier molecular flexibility index (Phi) is 9.57. The van der Waals surface area contributed by atoms with Gasteiger partial charge in [0.15, 0.2) is 18.8 Å².